The zero-order valence-corrected chi connectivity index (χ0v) is 13.2. The van der Waals surface area contributed by atoms with Crippen LogP contribution in [-0.4, -0.2) is 14.2 Å². The summed E-state index contributed by atoms with van der Waals surface area (Å²) in [6, 6.07) is 3.89. The summed E-state index contributed by atoms with van der Waals surface area (Å²) in [4.78, 5) is 0. The zero-order chi connectivity index (χ0) is 13.3. The Labute approximate surface area is 122 Å². The van der Waals surface area contributed by atoms with E-state index in [0.717, 1.165) is 27.5 Å². The van der Waals surface area contributed by atoms with Gasteiger partial charge >= 0.3 is 0 Å². The molecule has 18 heavy (non-hydrogen) atoms. The smallest absolute Gasteiger partial charge is 0.133 e. The lowest BCUT2D eigenvalue weighted by Crippen LogP contribution is -2.08. The molecule has 0 bridgehead atoms. The molecule has 0 heterocycles. The van der Waals surface area contributed by atoms with Gasteiger partial charge in [-0.3, -0.25) is 0 Å². The van der Waals surface area contributed by atoms with Crippen molar-refractivity contribution in [3.63, 3.8) is 0 Å². The molecule has 0 aliphatic heterocycles. The molecule has 0 saturated heterocycles. The molecular formula is C14H18BrClO2. The van der Waals surface area contributed by atoms with Crippen molar-refractivity contribution in [1.29, 1.82) is 0 Å². The van der Waals surface area contributed by atoms with Crippen molar-refractivity contribution in [3.8, 4) is 11.5 Å². The van der Waals surface area contributed by atoms with Gasteiger partial charge in [0.25, 0.3) is 0 Å². The number of rotatable bonds is 5. The van der Waals surface area contributed by atoms with E-state index >= 15 is 0 Å². The minimum atomic E-state index is -0.0329. The number of ether oxygens (including phenoxy) is 2. The lowest BCUT2D eigenvalue weighted by atomic mass is 9.95. The van der Waals surface area contributed by atoms with Crippen molar-refractivity contribution < 1.29 is 9.47 Å². The first-order valence-corrected chi connectivity index (χ1v) is 7.37. The van der Waals surface area contributed by atoms with Crippen LogP contribution < -0.4 is 9.47 Å². The van der Waals surface area contributed by atoms with Gasteiger partial charge in [0.05, 0.1) is 24.1 Å². The van der Waals surface area contributed by atoms with Crippen LogP contribution in [0.4, 0.5) is 0 Å². The van der Waals surface area contributed by atoms with Gasteiger partial charge in [-0.15, -0.1) is 11.6 Å². The lowest BCUT2D eigenvalue weighted by molar-refractivity contribution is 0.389. The lowest BCUT2D eigenvalue weighted by Gasteiger charge is -2.21. The van der Waals surface area contributed by atoms with E-state index in [0.29, 0.717) is 5.92 Å². The maximum atomic E-state index is 6.61. The third-order valence-corrected chi connectivity index (χ3v) is 4.88. The molecule has 1 aromatic carbocycles. The maximum Gasteiger partial charge on any atom is 0.133 e. The zero-order valence-electron chi connectivity index (χ0n) is 10.9. The molecule has 2 atom stereocenters. The van der Waals surface area contributed by atoms with Gasteiger partial charge in [-0.25, -0.2) is 0 Å². The maximum absolute atomic E-state index is 6.61. The van der Waals surface area contributed by atoms with Crippen molar-refractivity contribution >= 4 is 27.5 Å². The summed E-state index contributed by atoms with van der Waals surface area (Å²) in [5, 5.41) is -0.0329. The highest BCUT2D eigenvalue weighted by Gasteiger charge is 2.34. The molecule has 4 heteroatoms. The number of halogens is 2. The second-order valence-electron chi connectivity index (χ2n) is 4.83. The van der Waals surface area contributed by atoms with E-state index in [-0.39, 0.29) is 5.38 Å². The molecule has 1 aliphatic rings. The molecule has 100 valence electrons. The average molecular weight is 334 g/mol. The monoisotopic (exact) mass is 332 g/mol. The van der Waals surface area contributed by atoms with Crippen LogP contribution in [0, 0.1) is 11.8 Å². The first-order chi connectivity index (χ1) is 8.58. The molecule has 2 unspecified atom stereocenters. The Balaban J connectivity index is 2.34. The molecule has 1 fully saturated rings. The van der Waals surface area contributed by atoms with Crippen LogP contribution in [0.3, 0.4) is 0 Å². The number of alkyl halides is 1. The molecular weight excluding hydrogens is 316 g/mol. The Bertz CT molecular complexity index is 432. The number of benzene rings is 1. The average Bonchev–Trinajstić information content (AvgIpc) is 3.20. The van der Waals surface area contributed by atoms with E-state index in [1.54, 1.807) is 14.2 Å². The van der Waals surface area contributed by atoms with E-state index in [2.05, 4.69) is 22.9 Å². The van der Waals surface area contributed by atoms with Crippen molar-refractivity contribution in [2.75, 3.05) is 14.2 Å². The normalized spacial score (nSPS) is 18.3. The van der Waals surface area contributed by atoms with Gasteiger partial charge in [0.2, 0.25) is 0 Å². The van der Waals surface area contributed by atoms with Crippen LogP contribution in [0.15, 0.2) is 16.6 Å². The Kier molecular flexibility index (Phi) is 4.44. The van der Waals surface area contributed by atoms with Crippen molar-refractivity contribution in [1.82, 2.24) is 0 Å². The van der Waals surface area contributed by atoms with Gasteiger partial charge < -0.3 is 9.47 Å². The molecule has 0 aromatic heterocycles. The Morgan fingerprint density at radius 3 is 2.33 bits per heavy atom. The van der Waals surface area contributed by atoms with Gasteiger partial charge in [0.1, 0.15) is 11.5 Å². The van der Waals surface area contributed by atoms with Gasteiger partial charge in [0, 0.05) is 5.56 Å². The van der Waals surface area contributed by atoms with Crippen molar-refractivity contribution in [3.05, 3.63) is 22.2 Å². The predicted octanol–water partition coefficient (Wildman–Crippen LogP) is 4.79. The van der Waals surface area contributed by atoms with E-state index in [9.17, 15) is 0 Å². The van der Waals surface area contributed by atoms with E-state index < -0.39 is 0 Å². The summed E-state index contributed by atoms with van der Waals surface area (Å²) in [5.74, 6) is 2.83. The van der Waals surface area contributed by atoms with Gasteiger partial charge in [-0.05, 0) is 52.7 Å². The van der Waals surface area contributed by atoms with E-state index in [4.69, 9.17) is 21.1 Å². The molecule has 1 saturated carbocycles. The fourth-order valence-electron chi connectivity index (χ4n) is 2.24. The second-order valence-corrected chi connectivity index (χ2v) is 6.15. The molecule has 1 aliphatic carbocycles. The first kappa shape index (κ1) is 14.0. The minimum Gasteiger partial charge on any atom is -0.496 e. The highest BCUT2D eigenvalue weighted by atomic mass is 79.9. The van der Waals surface area contributed by atoms with Gasteiger partial charge in [-0.2, -0.15) is 0 Å². The fraction of sp³-hybridized carbons (Fsp3) is 0.571. The molecule has 2 nitrogen and oxygen atoms in total. The quantitative estimate of drug-likeness (QED) is 0.721. The Morgan fingerprint density at radius 2 is 1.83 bits per heavy atom. The Morgan fingerprint density at radius 1 is 1.22 bits per heavy atom. The third kappa shape index (κ3) is 2.77. The topological polar surface area (TPSA) is 18.5 Å². The van der Waals surface area contributed by atoms with Crippen molar-refractivity contribution in [2.45, 2.75) is 25.1 Å². The molecule has 1 aromatic rings. The summed E-state index contributed by atoms with van der Waals surface area (Å²) in [7, 11) is 3.33. The summed E-state index contributed by atoms with van der Waals surface area (Å²) >= 11 is 10.1. The highest BCUT2D eigenvalue weighted by molar-refractivity contribution is 9.10. The number of hydrogen-bond acceptors (Lipinski definition) is 2. The fourth-order valence-corrected chi connectivity index (χ4v) is 3.10. The van der Waals surface area contributed by atoms with Crippen LogP contribution in [0.1, 0.15) is 30.7 Å². The van der Waals surface area contributed by atoms with Crippen LogP contribution in [0.5, 0.6) is 11.5 Å². The summed E-state index contributed by atoms with van der Waals surface area (Å²) in [6.45, 7) is 2.21. The van der Waals surface area contributed by atoms with Crippen LogP contribution >= 0.6 is 27.5 Å². The van der Waals surface area contributed by atoms with E-state index in [1.807, 2.05) is 12.1 Å². The largest absolute Gasteiger partial charge is 0.496 e. The number of hydrogen-bond donors (Lipinski definition) is 0. The predicted molar refractivity (Wildman–Crippen MR) is 77.7 cm³/mol. The van der Waals surface area contributed by atoms with Crippen LogP contribution in [0.25, 0.3) is 0 Å². The SMILES string of the molecule is COc1cc(C(Cl)C(C)C2CC2)c(OC)cc1Br. The van der Waals surface area contributed by atoms with Crippen LogP contribution in [0.2, 0.25) is 0 Å². The van der Waals surface area contributed by atoms with Crippen LogP contribution in [-0.2, 0) is 0 Å². The summed E-state index contributed by atoms with van der Waals surface area (Å²) < 4.78 is 11.6. The number of methoxy groups -OCH3 is 2. The molecule has 0 spiro atoms. The van der Waals surface area contributed by atoms with Gasteiger partial charge in [0.15, 0.2) is 0 Å². The third-order valence-electron chi connectivity index (χ3n) is 3.63. The second kappa shape index (κ2) is 5.70. The molecule has 0 amide bonds. The molecule has 2 rings (SSSR count). The summed E-state index contributed by atoms with van der Waals surface area (Å²) in [5.41, 5.74) is 1.01. The Hall–Kier alpha value is -0.410. The van der Waals surface area contributed by atoms with E-state index in [1.165, 1.54) is 12.8 Å². The molecule has 0 radical (unpaired) electrons. The highest BCUT2D eigenvalue weighted by Crippen LogP contribution is 2.48. The first-order valence-electron chi connectivity index (χ1n) is 6.14. The van der Waals surface area contributed by atoms with Crippen molar-refractivity contribution in [2.24, 2.45) is 11.8 Å². The summed E-state index contributed by atoms with van der Waals surface area (Å²) in [6.07, 6.45) is 2.58. The molecule has 0 N–H and O–H groups in total. The minimum absolute atomic E-state index is 0.0329. The standard InChI is InChI=1S/C14H18BrClO2/c1-8(9-4-5-9)14(16)10-6-13(18-3)11(15)7-12(10)17-2/h6-9,14H,4-5H2,1-3H3. The van der Waals surface area contributed by atoms with Gasteiger partial charge in [-0.1, -0.05) is 6.92 Å².